The molecule has 1 amide bonds. The Morgan fingerprint density at radius 3 is 2.50 bits per heavy atom. The molecule has 6 heteroatoms. The van der Waals surface area contributed by atoms with E-state index in [1.54, 1.807) is 4.90 Å². The van der Waals surface area contributed by atoms with E-state index in [4.69, 9.17) is 4.74 Å². The van der Waals surface area contributed by atoms with Gasteiger partial charge in [-0.3, -0.25) is 14.4 Å². The summed E-state index contributed by atoms with van der Waals surface area (Å²) < 4.78 is 17.8. The number of ether oxygens (including phenoxy) is 1. The van der Waals surface area contributed by atoms with E-state index in [0.717, 1.165) is 17.7 Å². The fourth-order valence-corrected chi connectivity index (χ4v) is 2.89. The Labute approximate surface area is 150 Å². The number of anilines is 1. The maximum atomic E-state index is 12.8. The van der Waals surface area contributed by atoms with Gasteiger partial charge in [-0.25, -0.2) is 4.39 Å². The summed E-state index contributed by atoms with van der Waals surface area (Å²) in [6.07, 6.45) is 0.604. The van der Waals surface area contributed by atoms with E-state index in [-0.39, 0.29) is 31.1 Å². The lowest BCUT2D eigenvalue weighted by Gasteiger charge is -2.17. The number of hydrogen-bond acceptors (Lipinski definition) is 4. The van der Waals surface area contributed by atoms with Gasteiger partial charge < -0.3 is 9.64 Å². The highest BCUT2D eigenvalue weighted by Crippen LogP contribution is 2.27. The minimum Gasteiger partial charge on any atom is -0.456 e. The molecule has 0 unspecified atom stereocenters. The zero-order valence-electron chi connectivity index (χ0n) is 14.1. The number of amides is 1. The summed E-state index contributed by atoms with van der Waals surface area (Å²) in [4.78, 5) is 37.6. The van der Waals surface area contributed by atoms with Crippen LogP contribution in [0.5, 0.6) is 0 Å². The summed E-state index contributed by atoms with van der Waals surface area (Å²) in [5.74, 6) is -1.60. The number of hydrogen-bond donors (Lipinski definition) is 0. The Morgan fingerprint density at radius 2 is 1.73 bits per heavy atom. The van der Waals surface area contributed by atoms with Crippen LogP contribution in [0.4, 0.5) is 10.1 Å². The largest absolute Gasteiger partial charge is 0.456 e. The van der Waals surface area contributed by atoms with Gasteiger partial charge in [-0.15, -0.1) is 0 Å². The number of halogens is 1. The third-order valence-electron chi connectivity index (χ3n) is 4.27. The van der Waals surface area contributed by atoms with Crippen LogP contribution in [0, 0.1) is 5.82 Å². The van der Waals surface area contributed by atoms with Gasteiger partial charge in [-0.05, 0) is 42.3 Å². The molecule has 0 saturated heterocycles. The molecule has 0 aliphatic carbocycles. The van der Waals surface area contributed by atoms with Crippen LogP contribution in [0.1, 0.15) is 28.8 Å². The van der Waals surface area contributed by atoms with Crippen molar-refractivity contribution in [3.05, 3.63) is 65.5 Å². The molecule has 0 fully saturated rings. The van der Waals surface area contributed by atoms with Crippen molar-refractivity contribution in [3.8, 4) is 0 Å². The van der Waals surface area contributed by atoms with Gasteiger partial charge in [-0.2, -0.15) is 0 Å². The van der Waals surface area contributed by atoms with E-state index in [0.29, 0.717) is 12.1 Å². The predicted molar refractivity (Wildman–Crippen MR) is 93.4 cm³/mol. The van der Waals surface area contributed by atoms with Crippen molar-refractivity contribution in [3.63, 3.8) is 0 Å². The maximum absolute atomic E-state index is 12.8. The fourth-order valence-electron chi connectivity index (χ4n) is 2.89. The lowest BCUT2D eigenvalue weighted by Crippen LogP contribution is -2.33. The first-order chi connectivity index (χ1) is 12.5. The molecule has 0 radical (unpaired) electrons. The number of benzene rings is 2. The Balaban J connectivity index is 1.45. The van der Waals surface area contributed by atoms with E-state index in [1.165, 1.54) is 24.3 Å². The topological polar surface area (TPSA) is 63.7 Å². The highest BCUT2D eigenvalue weighted by molar-refractivity contribution is 5.98. The van der Waals surface area contributed by atoms with Crippen LogP contribution in [-0.2, 0) is 20.7 Å². The van der Waals surface area contributed by atoms with Gasteiger partial charge >= 0.3 is 5.97 Å². The molecule has 134 valence electrons. The van der Waals surface area contributed by atoms with Crippen LogP contribution in [0.3, 0.4) is 0 Å². The molecule has 26 heavy (non-hydrogen) atoms. The van der Waals surface area contributed by atoms with E-state index in [1.807, 2.05) is 24.3 Å². The van der Waals surface area contributed by atoms with E-state index < -0.39 is 11.8 Å². The van der Waals surface area contributed by atoms with Gasteiger partial charge in [0.15, 0.2) is 12.4 Å². The summed E-state index contributed by atoms with van der Waals surface area (Å²) in [5, 5.41) is 0. The van der Waals surface area contributed by atoms with E-state index in [2.05, 4.69) is 0 Å². The first kappa shape index (κ1) is 17.8. The number of ketones is 1. The average molecular weight is 355 g/mol. The highest BCUT2D eigenvalue weighted by Gasteiger charge is 2.24. The van der Waals surface area contributed by atoms with Crippen LogP contribution in [0.15, 0.2) is 48.5 Å². The Kier molecular flexibility index (Phi) is 5.41. The van der Waals surface area contributed by atoms with Crippen molar-refractivity contribution in [2.75, 3.05) is 18.1 Å². The molecular formula is C20H18FNO4. The van der Waals surface area contributed by atoms with Crippen molar-refractivity contribution in [2.45, 2.75) is 19.3 Å². The summed E-state index contributed by atoms with van der Waals surface area (Å²) in [6, 6.07) is 12.7. The van der Waals surface area contributed by atoms with Gasteiger partial charge in [0.25, 0.3) is 5.91 Å². The molecule has 2 aromatic rings. The standard InChI is InChI=1S/C20H18FNO4/c21-16-7-5-15(6-8-16)18(23)9-10-20(25)26-13-19(24)22-12-11-14-3-1-2-4-17(14)22/h1-8H,9-13H2. The maximum Gasteiger partial charge on any atom is 0.306 e. The number of nitrogens with zero attached hydrogens (tertiary/aromatic N) is 1. The molecule has 0 aromatic heterocycles. The summed E-state index contributed by atoms with van der Waals surface area (Å²) >= 11 is 0. The van der Waals surface area contributed by atoms with E-state index >= 15 is 0 Å². The normalized spacial score (nSPS) is 12.6. The Bertz CT molecular complexity index is 832. The van der Waals surface area contributed by atoms with Crippen LogP contribution >= 0.6 is 0 Å². The quantitative estimate of drug-likeness (QED) is 0.590. The first-order valence-corrected chi connectivity index (χ1v) is 8.37. The molecule has 5 nitrogen and oxygen atoms in total. The minimum absolute atomic E-state index is 0.0504. The lowest BCUT2D eigenvalue weighted by atomic mass is 10.1. The third kappa shape index (κ3) is 4.14. The van der Waals surface area contributed by atoms with Crippen molar-refractivity contribution in [2.24, 2.45) is 0 Å². The molecule has 1 heterocycles. The zero-order chi connectivity index (χ0) is 18.5. The lowest BCUT2D eigenvalue weighted by molar-refractivity contribution is -0.147. The molecule has 0 spiro atoms. The van der Waals surface area contributed by atoms with Crippen molar-refractivity contribution >= 4 is 23.3 Å². The van der Waals surface area contributed by atoms with Crippen LogP contribution in [0.2, 0.25) is 0 Å². The molecule has 0 bridgehead atoms. The second-order valence-electron chi connectivity index (χ2n) is 6.01. The molecule has 0 atom stereocenters. The van der Waals surface area contributed by atoms with Gasteiger partial charge in [-0.1, -0.05) is 18.2 Å². The number of fused-ring (bicyclic) bond motifs is 1. The molecule has 1 aliphatic rings. The number of para-hydroxylation sites is 1. The second kappa shape index (κ2) is 7.91. The van der Waals surface area contributed by atoms with Crippen molar-refractivity contribution < 1.29 is 23.5 Å². The second-order valence-corrected chi connectivity index (χ2v) is 6.01. The van der Waals surface area contributed by atoms with Crippen molar-refractivity contribution in [1.29, 1.82) is 0 Å². The van der Waals surface area contributed by atoms with Gasteiger partial charge in [0.2, 0.25) is 0 Å². The minimum atomic E-state index is -0.610. The van der Waals surface area contributed by atoms with Gasteiger partial charge in [0.05, 0.1) is 6.42 Å². The number of Topliss-reactive ketones (excluding diaryl/α,β-unsaturated/α-hetero) is 1. The molecule has 3 rings (SSSR count). The molecule has 2 aromatic carbocycles. The predicted octanol–water partition coefficient (Wildman–Crippen LogP) is 2.92. The molecule has 0 N–H and O–H groups in total. The summed E-state index contributed by atoms with van der Waals surface area (Å²) in [5.41, 5.74) is 2.28. The Hall–Kier alpha value is -3.02. The van der Waals surface area contributed by atoms with Crippen LogP contribution in [0.25, 0.3) is 0 Å². The smallest absolute Gasteiger partial charge is 0.306 e. The van der Waals surface area contributed by atoms with Gasteiger partial charge in [0.1, 0.15) is 5.82 Å². The first-order valence-electron chi connectivity index (χ1n) is 8.37. The van der Waals surface area contributed by atoms with E-state index in [9.17, 15) is 18.8 Å². The van der Waals surface area contributed by atoms with Crippen molar-refractivity contribution in [1.82, 2.24) is 0 Å². The number of rotatable bonds is 6. The van der Waals surface area contributed by atoms with Gasteiger partial charge in [0, 0.05) is 24.2 Å². The zero-order valence-corrected chi connectivity index (χ0v) is 14.1. The van der Waals surface area contributed by atoms with Crippen LogP contribution < -0.4 is 4.90 Å². The summed E-state index contributed by atoms with van der Waals surface area (Å²) in [6.45, 7) is 0.219. The third-order valence-corrected chi connectivity index (χ3v) is 4.27. The molecule has 1 aliphatic heterocycles. The number of esters is 1. The summed E-state index contributed by atoms with van der Waals surface area (Å²) in [7, 11) is 0. The molecule has 0 saturated carbocycles. The number of carbonyl (C=O) groups is 3. The number of carbonyl (C=O) groups excluding carboxylic acids is 3. The average Bonchev–Trinajstić information content (AvgIpc) is 3.09. The SMILES string of the molecule is O=C(CCC(=O)c1ccc(F)cc1)OCC(=O)N1CCc2ccccc21. The fraction of sp³-hybridized carbons (Fsp3) is 0.250. The monoisotopic (exact) mass is 355 g/mol. The van der Waals surface area contributed by atoms with Crippen LogP contribution in [-0.4, -0.2) is 30.8 Å². The molecular weight excluding hydrogens is 337 g/mol. The Morgan fingerprint density at radius 1 is 1.00 bits per heavy atom. The highest BCUT2D eigenvalue weighted by atomic mass is 19.1.